The zero-order valence-corrected chi connectivity index (χ0v) is 14.3. The minimum atomic E-state index is -0.274. The van der Waals surface area contributed by atoms with E-state index in [2.05, 4.69) is 25.9 Å². The van der Waals surface area contributed by atoms with Crippen LogP contribution in [-0.2, 0) is 0 Å². The van der Waals surface area contributed by atoms with Gasteiger partial charge in [0.25, 0.3) is 0 Å². The molecule has 0 aliphatic heterocycles. The van der Waals surface area contributed by atoms with Gasteiger partial charge < -0.3 is 4.90 Å². The summed E-state index contributed by atoms with van der Waals surface area (Å²) >= 11 is 3.50. The van der Waals surface area contributed by atoms with Gasteiger partial charge in [0.05, 0.1) is 12.0 Å². The average molecular weight is 362 g/mol. The number of rotatable bonds is 3. The van der Waals surface area contributed by atoms with Gasteiger partial charge in [-0.3, -0.25) is 0 Å². The molecule has 2 aromatic carbocycles. The Balaban J connectivity index is 2.50. The van der Waals surface area contributed by atoms with Crippen molar-refractivity contribution in [3.63, 3.8) is 0 Å². The highest BCUT2D eigenvalue weighted by Gasteiger charge is 2.07. The van der Waals surface area contributed by atoms with Crippen LogP contribution < -0.4 is 0 Å². The molecule has 2 aromatic rings. The van der Waals surface area contributed by atoms with Crippen LogP contribution in [0.25, 0.3) is 0 Å². The fraction of sp³-hybridized carbons (Fsp3) is 0.176. The lowest BCUT2D eigenvalue weighted by atomic mass is 10.2. The Bertz CT molecular complexity index is 724. The highest BCUT2D eigenvalue weighted by Crippen LogP contribution is 2.22. The monoisotopic (exact) mass is 361 g/mol. The van der Waals surface area contributed by atoms with E-state index in [4.69, 9.17) is 0 Å². The molecule has 0 aromatic heterocycles. The van der Waals surface area contributed by atoms with E-state index in [0.717, 1.165) is 10.0 Å². The van der Waals surface area contributed by atoms with Gasteiger partial charge in [0.15, 0.2) is 5.84 Å². The largest absolute Gasteiger partial charge is 0.369 e. The summed E-state index contributed by atoms with van der Waals surface area (Å²) in [5.74, 6) is 0.244. The Morgan fingerprint density at radius 3 is 2.55 bits per heavy atom. The first-order chi connectivity index (χ1) is 10.5. The van der Waals surface area contributed by atoms with Gasteiger partial charge in [-0.25, -0.2) is 14.4 Å². The van der Waals surface area contributed by atoms with Crippen LogP contribution in [0.2, 0.25) is 0 Å². The molecule has 5 heteroatoms. The van der Waals surface area contributed by atoms with Crippen LogP contribution in [0.3, 0.4) is 0 Å². The van der Waals surface area contributed by atoms with E-state index in [9.17, 15) is 4.39 Å². The quantitative estimate of drug-likeness (QED) is 0.581. The van der Waals surface area contributed by atoms with Crippen LogP contribution in [0.15, 0.2) is 56.9 Å². The van der Waals surface area contributed by atoms with Gasteiger partial charge in [0, 0.05) is 24.1 Å². The third kappa shape index (κ3) is 4.24. The van der Waals surface area contributed by atoms with Crippen LogP contribution in [-0.4, -0.2) is 31.2 Å². The molecule has 2 rings (SSSR count). The molecule has 0 bridgehead atoms. The fourth-order valence-electron chi connectivity index (χ4n) is 1.74. The Morgan fingerprint density at radius 1 is 1.18 bits per heavy atom. The van der Waals surface area contributed by atoms with Crippen molar-refractivity contribution in [1.29, 1.82) is 0 Å². The van der Waals surface area contributed by atoms with Crippen molar-refractivity contribution in [2.45, 2.75) is 6.92 Å². The summed E-state index contributed by atoms with van der Waals surface area (Å²) in [6, 6.07) is 12.6. The normalized spacial score (nSPS) is 12.0. The molecule has 0 aliphatic carbocycles. The number of hydrogen-bond donors (Lipinski definition) is 0. The first-order valence-electron chi connectivity index (χ1n) is 6.77. The molecule has 0 N–H and O–H groups in total. The second kappa shape index (κ2) is 7.31. The zero-order chi connectivity index (χ0) is 16.1. The maximum atomic E-state index is 13.7. The lowest BCUT2D eigenvalue weighted by Gasteiger charge is -2.07. The molecule has 0 saturated carbocycles. The van der Waals surface area contributed by atoms with E-state index < -0.39 is 0 Å². The molecule has 0 fully saturated rings. The molecule has 0 unspecified atom stereocenters. The Labute approximate surface area is 138 Å². The van der Waals surface area contributed by atoms with Crippen LogP contribution >= 0.6 is 15.9 Å². The second-order valence-corrected chi connectivity index (χ2v) is 5.91. The van der Waals surface area contributed by atoms with Crippen molar-refractivity contribution >= 4 is 33.8 Å². The third-order valence-electron chi connectivity index (χ3n) is 2.92. The molecule has 0 atom stereocenters. The topological polar surface area (TPSA) is 28.0 Å². The lowest BCUT2D eigenvalue weighted by molar-refractivity contribution is 0.619. The standard InChI is InChI=1S/C17H17BrFN3/c1-12-8-9-13(10-16(12)19)21-17(20-11-22(2)3)14-6-4-5-7-15(14)18/h4-11H,1-3H3. The van der Waals surface area contributed by atoms with E-state index in [1.165, 1.54) is 6.07 Å². The van der Waals surface area contributed by atoms with E-state index >= 15 is 0 Å². The molecule has 22 heavy (non-hydrogen) atoms. The molecule has 0 radical (unpaired) electrons. The van der Waals surface area contributed by atoms with Gasteiger partial charge in [0.1, 0.15) is 5.82 Å². The van der Waals surface area contributed by atoms with Gasteiger partial charge in [-0.15, -0.1) is 0 Å². The van der Waals surface area contributed by atoms with Crippen molar-refractivity contribution in [3.05, 3.63) is 63.9 Å². The van der Waals surface area contributed by atoms with Crippen LogP contribution in [0.5, 0.6) is 0 Å². The summed E-state index contributed by atoms with van der Waals surface area (Å²) in [4.78, 5) is 10.7. The molecular formula is C17H17BrFN3. The molecule has 0 aliphatic rings. The molecule has 3 nitrogen and oxygen atoms in total. The van der Waals surface area contributed by atoms with Crippen molar-refractivity contribution < 1.29 is 4.39 Å². The van der Waals surface area contributed by atoms with Gasteiger partial charge in [-0.2, -0.15) is 0 Å². The Hall–Kier alpha value is -2.01. The molecule has 0 saturated heterocycles. The molecule has 0 amide bonds. The number of nitrogens with zero attached hydrogens (tertiary/aromatic N) is 3. The summed E-state index contributed by atoms with van der Waals surface area (Å²) in [6.45, 7) is 1.72. The number of benzene rings is 2. The van der Waals surface area contributed by atoms with Crippen LogP contribution in [0.1, 0.15) is 11.1 Å². The number of hydrogen-bond acceptors (Lipinski definition) is 1. The average Bonchev–Trinajstić information content (AvgIpc) is 2.48. The predicted octanol–water partition coefficient (Wildman–Crippen LogP) is 4.56. The zero-order valence-electron chi connectivity index (χ0n) is 12.7. The van der Waals surface area contributed by atoms with E-state index in [1.807, 2.05) is 43.3 Å². The Kier molecular flexibility index (Phi) is 5.44. The number of aryl methyl sites for hydroxylation is 1. The highest BCUT2D eigenvalue weighted by molar-refractivity contribution is 9.10. The highest BCUT2D eigenvalue weighted by atomic mass is 79.9. The van der Waals surface area contributed by atoms with Gasteiger partial charge in [0.2, 0.25) is 0 Å². The molecule has 0 heterocycles. The molecule has 114 valence electrons. The first kappa shape index (κ1) is 16.4. The van der Waals surface area contributed by atoms with Gasteiger partial charge in [-0.1, -0.05) is 40.2 Å². The number of amidine groups is 1. The van der Waals surface area contributed by atoms with Crippen molar-refractivity contribution in [1.82, 2.24) is 4.90 Å². The summed E-state index contributed by atoms with van der Waals surface area (Å²) in [5, 5.41) is 0. The third-order valence-corrected chi connectivity index (χ3v) is 3.61. The fourth-order valence-corrected chi connectivity index (χ4v) is 2.21. The second-order valence-electron chi connectivity index (χ2n) is 5.06. The van der Waals surface area contributed by atoms with E-state index in [1.54, 1.807) is 25.4 Å². The number of aliphatic imine (C=N–C) groups is 2. The summed E-state index contributed by atoms with van der Waals surface area (Å²) < 4.78 is 14.6. The first-order valence-corrected chi connectivity index (χ1v) is 7.57. The lowest BCUT2D eigenvalue weighted by Crippen LogP contribution is -2.10. The smallest absolute Gasteiger partial charge is 0.162 e. The SMILES string of the molecule is Cc1ccc(N=C(N=CN(C)C)c2ccccc2Br)cc1F. The molecule has 0 spiro atoms. The van der Waals surface area contributed by atoms with Gasteiger partial charge >= 0.3 is 0 Å². The molecular weight excluding hydrogens is 345 g/mol. The van der Waals surface area contributed by atoms with Crippen LogP contribution in [0.4, 0.5) is 10.1 Å². The van der Waals surface area contributed by atoms with Gasteiger partial charge in [-0.05, 0) is 30.7 Å². The van der Waals surface area contributed by atoms with Crippen molar-refractivity contribution in [2.75, 3.05) is 14.1 Å². The van der Waals surface area contributed by atoms with Crippen molar-refractivity contribution in [3.8, 4) is 0 Å². The maximum absolute atomic E-state index is 13.7. The number of halogens is 2. The van der Waals surface area contributed by atoms with E-state index in [0.29, 0.717) is 17.1 Å². The minimum Gasteiger partial charge on any atom is -0.369 e. The summed E-state index contributed by atoms with van der Waals surface area (Å²) in [6.07, 6.45) is 1.67. The maximum Gasteiger partial charge on any atom is 0.162 e. The Morgan fingerprint density at radius 2 is 1.91 bits per heavy atom. The predicted molar refractivity (Wildman–Crippen MR) is 93.7 cm³/mol. The minimum absolute atomic E-state index is 0.274. The summed E-state index contributed by atoms with van der Waals surface area (Å²) in [5.41, 5.74) is 1.98. The van der Waals surface area contributed by atoms with Crippen molar-refractivity contribution in [2.24, 2.45) is 9.98 Å². The van der Waals surface area contributed by atoms with E-state index in [-0.39, 0.29) is 5.82 Å². The van der Waals surface area contributed by atoms with Crippen LogP contribution in [0, 0.1) is 12.7 Å². The summed E-state index contributed by atoms with van der Waals surface area (Å²) in [7, 11) is 3.76.